The van der Waals surface area contributed by atoms with Gasteiger partial charge in [-0.1, -0.05) is 12.1 Å². The summed E-state index contributed by atoms with van der Waals surface area (Å²) >= 11 is 0. The summed E-state index contributed by atoms with van der Waals surface area (Å²) in [6.07, 6.45) is -0.0742. The lowest BCUT2D eigenvalue weighted by Gasteiger charge is -2.28. The quantitative estimate of drug-likeness (QED) is 0.0324. The van der Waals surface area contributed by atoms with Crippen LogP contribution in [0.4, 0.5) is 5.69 Å². The third kappa shape index (κ3) is 13.9. The van der Waals surface area contributed by atoms with Gasteiger partial charge in [0.25, 0.3) is 5.91 Å². The molecule has 0 radical (unpaired) electrons. The molecule has 1 atom stereocenters. The van der Waals surface area contributed by atoms with Crippen LogP contribution in [0.3, 0.4) is 0 Å². The van der Waals surface area contributed by atoms with Crippen LogP contribution in [0.25, 0.3) is 10.9 Å². The molecule has 0 saturated heterocycles. The van der Waals surface area contributed by atoms with Crippen molar-refractivity contribution in [3.05, 3.63) is 57.9 Å². The van der Waals surface area contributed by atoms with E-state index in [1.54, 1.807) is 37.3 Å². The standard InChI is InChI=1S/C37H47N9O14/c1-2-46-26-15-28-27(59-21-60-28)14-24(26)35(55)34(42-46)36(56)40-8-7-39-29(47)16-44(19-32(51)52)11-9-43(18-31(49)50)10-12-45(20-33(53)54)17-30(48)41-25(37(57)58)13-22-3-5-23(38)6-4-22/h3-6,14-15,25H,2,7-13,16-21,38H2,1H3,(H,39,47)(H,40,56)(H,41,48)(H,49,50)(H,51,52)(H,53,54)(H,57,58). The molecule has 9 N–H and O–H groups in total. The molecule has 3 aromatic rings. The summed E-state index contributed by atoms with van der Waals surface area (Å²) in [5.41, 5.74) is 6.16. The van der Waals surface area contributed by atoms with Crippen LogP contribution in [0, 0.1) is 0 Å². The van der Waals surface area contributed by atoms with Gasteiger partial charge in [0.1, 0.15) is 6.04 Å². The number of hydrogen-bond acceptors (Lipinski definition) is 15. The van der Waals surface area contributed by atoms with E-state index in [4.69, 9.17) is 15.2 Å². The number of benzene rings is 2. The fourth-order valence-corrected chi connectivity index (χ4v) is 6.15. The molecule has 1 aliphatic heterocycles. The first-order chi connectivity index (χ1) is 28.5. The van der Waals surface area contributed by atoms with Crippen LogP contribution < -0.4 is 36.6 Å². The normalized spacial score (nSPS) is 12.4. The second kappa shape index (κ2) is 21.8. The summed E-state index contributed by atoms with van der Waals surface area (Å²) in [6.45, 7) is -1.35. The van der Waals surface area contributed by atoms with E-state index in [1.165, 1.54) is 25.4 Å². The second-order valence-electron chi connectivity index (χ2n) is 13.6. The molecule has 324 valence electrons. The molecule has 60 heavy (non-hydrogen) atoms. The van der Waals surface area contributed by atoms with Gasteiger partial charge in [0.2, 0.25) is 24.0 Å². The zero-order valence-electron chi connectivity index (χ0n) is 32.6. The minimum atomic E-state index is -1.34. The van der Waals surface area contributed by atoms with Crippen molar-refractivity contribution in [2.24, 2.45) is 0 Å². The van der Waals surface area contributed by atoms with E-state index in [-0.39, 0.29) is 63.6 Å². The van der Waals surface area contributed by atoms with Crippen LogP contribution in [0.2, 0.25) is 0 Å². The number of amides is 3. The summed E-state index contributed by atoms with van der Waals surface area (Å²) in [4.78, 5) is 102. The maximum atomic E-state index is 13.2. The van der Waals surface area contributed by atoms with Gasteiger partial charge in [-0.25, -0.2) is 4.79 Å². The molecular weight excluding hydrogens is 794 g/mol. The van der Waals surface area contributed by atoms with E-state index >= 15 is 0 Å². The number of aliphatic carboxylic acids is 4. The van der Waals surface area contributed by atoms with E-state index in [0.29, 0.717) is 34.8 Å². The molecule has 2 heterocycles. The molecule has 3 amide bonds. The highest BCUT2D eigenvalue weighted by Gasteiger charge is 2.25. The number of nitrogen functional groups attached to an aromatic ring is 1. The molecule has 0 bridgehead atoms. The number of carbonyl (C=O) groups is 7. The first-order valence-electron chi connectivity index (χ1n) is 18.6. The molecule has 0 spiro atoms. The van der Waals surface area contributed by atoms with Gasteiger partial charge < -0.3 is 51.6 Å². The minimum absolute atomic E-state index is 0.0122. The van der Waals surface area contributed by atoms with Crippen molar-refractivity contribution < 1.29 is 63.5 Å². The highest BCUT2D eigenvalue weighted by atomic mass is 16.7. The molecule has 0 saturated carbocycles. The summed E-state index contributed by atoms with van der Waals surface area (Å²) in [6, 6.07) is 8.11. The number of anilines is 1. The van der Waals surface area contributed by atoms with Gasteiger partial charge in [-0.15, -0.1) is 0 Å². The Balaban J connectivity index is 1.29. The number of carboxylic acid groups (broad SMARTS) is 4. The second-order valence-corrected chi connectivity index (χ2v) is 13.6. The van der Waals surface area contributed by atoms with Crippen molar-refractivity contribution in [2.75, 3.05) is 84.5 Å². The lowest BCUT2D eigenvalue weighted by atomic mass is 10.1. The number of rotatable bonds is 25. The number of fused-ring (bicyclic) bond motifs is 2. The average Bonchev–Trinajstić information content (AvgIpc) is 3.64. The lowest BCUT2D eigenvalue weighted by Crippen LogP contribution is -2.49. The van der Waals surface area contributed by atoms with E-state index in [0.717, 1.165) is 0 Å². The monoisotopic (exact) mass is 841 g/mol. The Morgan fingerprint density at radius 2 is 1.30 bits per heavy atom. The van der Waals surface area contributed by atoms with Gasteiger partial charge in [-0.05, 0) is 30.7 Å². The Hall–Kier alpha value is -6.85. The molecule has 2 aromatic carbocycles. The van der Waals surface area contributed by atoms with Crippen molar-refractivity contribution in [2.45, 2.75) is 25.9 Å². The smallest absolute Gasteiger partial charge is 0.326 e. The maximum absolute atomic E-state index is 13.2. The van der Waals surface area contributed by atoms with Gasteiger partial charge in [-0.3, -0.25) is 52.9 Å². The lowest BCUT2D eigenvalue weighted by molar-refractivity contribution is -0.143. The fourth-order valence-electron chi connectivity index (χ4n) is 6.15. The Morgan fingerprint density at radius 1 is 0.767 bits per heavy atom. The van der Waals surface area contributed by atoms with Crippen molar-refractivity contribution in [1.29, 1.82) is 0 Å². The summed E-state index contributed by atoms with van der Waals surface area (Å²) in [7, 11) is 0. The van der Waals surface area contributed by atoms with E-state index in [9.17, 15) is 58.8 Å². The van der Waals surface area contributed by atoms with Gasteiger partial charge in [0.15, 0.2) is 17.2 Å². The molecule has 4 rings (SSSR count). The number of nitrogens with zero attached hydrogens (tertiary/aromatic N) is 5. The number of carboxylic acids is 4. The predicted molar refractivity (Wildman–Crippen MR) is 209 cm³/mol. The number of nitrogens with two attached hydrogens (primary N) is 1. The third-order valence-electron chi connectivity index (χ3n) is 9.03. The number of aryl methyl sites for hydroxylation is 1. The van der Waals surface area contributed by atoms with Crippen LogP contribution >= 0.6 is 0 Å². The molecule has 0 aliphatic carbocycles. The summed E-state index contributed by atoms with van der Waals surface area (Å²) in [5, 5.41) is 50.0. The van der Waals surface area contributed by atoms with Crippen molar-refractivity contribution in [1.82, 2.24) is 40.4 Å². The summed E-state index contributed by atoms with van der Waals surface area (Å²) < 4.78 is 12.2. The molecule has 1 aliphatic rings. The highest BCUT2D eigenvalue weighted by molar-refractivity contribution is 5.96. The fraction of sp³-hybridized carbons (Fsp3) is 0.432. The van der Waals surface area contributed by atoms with Crippen LogP contribution in [0.1, 0.15) is 23.0 Å². The molecule has 1 unspecified atom stereocenters. The Morgan fingerprint density at radius 3 is 1.87 bits per heavy atom. The number of nitrogens with one attached hydrogen (secondary N) is 3. The van der Waals surface area contributed by atoms with Gasteiger partial charge in [0, 0.05) is 64.0 Å². The van der Waals surface area contributed by atoms with Gasteiger partial charge >= 0.3 is 23.9 Å². The number of ether oxygens (including phenoxy) is 2. The zero-order valence-corrected chi connectivity index (χ0v) is 32.6. The van der Waals surface area contributed by atoms with Crippen molar-refractivity contribution >= 4 is 58.2 Å². The predicted octanol–water partition coefficient (Wildman–Crippen LogP) is -2.45. The number of aromatic nitrogens is 2. The molecular formula is C37H47N9O14. The van der Waals surface area contributed by atoms with Gasteiger partial charge in [0.05, 0.1) is 43.6 Å². The van der Waals surface area contributed by atoms with E-state index < -0.39 is 85.8 Å². The molecule has 23 heteroatoms. The van der Waals surface area contributed by atoms with Gasteiger partial charge in [-0.2, -0.15) is 5.10 Å². The van der Waals surface area contributed by atoms with Crippen LogP contribution in [0.5, 0.6) is 11.5 Å². The third-order valence-corrected chi connectivity index (χ3v) is 9.03. The molecule has 1 aromatic heterocycles. The Bertz CT molecular complexity index is 2130. The number of hydrogen-bond donors (Lipinski definition) is 8. The van der Waals surface area contributed by atoms with Crippen LogP contribution in [-0.4, -0.2) is 171 Å². The zero-order chi connectivity index (χ0) is 43.9. The first-order valence-corrected chi connectivity index (χ1v) is 18.6. The SMILES string of the molecule is CCn1nc(C(=O)NCCNC(=O)CN(CCN(CCN(CC(=O)O)CC(=O)NC(Cc2ccc(N)cc2)C(=O)O)CC(=O)O)CC(=O)O)c(=O)c2cc3c(cc21)OCO3. The highest BCUT2D eigenvalue weighted by Crippen LogP contribution is 2.35. The topological polar surface area (TPSA) is 326 Å². The number of carbonyl (C=O) groups excluding carboxylic acids is 3. The summed E-state index contributed by atoms with van der Waals surface area (Å²) in [5.74, 6) is -6.57. The van der Waals surface area contributed by atoms with E-state index in [1.807, 2.05) is 0 Å². The Labute approximate surface area is 341 Å². The van der Waals surface area contributed by atoms with Crippen molar-refractivity contribution in [3.8, 4) is 11.5 Å². The first kappa shape index (κ1) is 45.8. The molecule has 23 nitrogen and oxygen atoms in total. The van der Waals surface area contributed by atoms with E-state index in [2.05, 4.69) is 21.0 Å². The van der Waals surface area contributed by atoms with Crippen LogP contribution in [-0.2, 0) is 41.7 Å². The largest absolute Gasteiger partial charge is 0.480 e. The van der Waals surface area contributed by atoms with Crippen molar-refractivity contribution in [3.63, 3.8) is 0 Å². The van der Waals surface area contributed by atoms with Crippen LogP contribution in [0.15, 0.2) is 41.2 Å². The maximum Gasteiger partial charge on any atom is 0.326 e. The minimum Gasteiger partial charge on any atom is -0.480 e. The Kier molecular flexibility index (Phi) is 16.6. The molecule has 0 fully saturated rings. The average molecular weight is 842 g/mol.